The third-order valence-electron chi connectivity index (χ3n) is 2.21. The molecule has 1 heterocycles. The molecule has 0 saturated heterocycles. The van der Waals surface area contributed by atoms with Crippen LogP contribution in [-0.4, -0.2) is 21.7 Å². The number of halogens is 1. The molecule has 0 atom stereocenters. The summed E-state index contributed by atoms with van der Waals surface area (Å²) >= 11 is 5.85. The lowest BCUT2D eigenvalue weighted by atomic mass is 10.1. The minimum absolute atomic E-state index is 0.0611. The zero-order chi connectivity index (χ0) is 10.1. The average Bonchev–Trinajstić information content (AvgIpc) is 2.44. The number of hydrogen-bond acceptors (Lipinski definition) is 2. The summed E-state index contributed by atoms with van der Waals surface area (Å²) < 4.78 is 1.05. The monoisotopic (exact) mass is 211 g/mol. The summed E-state index contributed by atoms with van der Waals surface area (Å²) in [6.07, 6.45) is 2.11. The smallest absolute Gasteiger partial charge is 0.0869 e. The summed E-state index contributed by atoms with van der Waals surface area (Å²) in [5.41, 5.74) is 1.60. The summed E-state index contributed by atoms with van der Waals surface area (Å²) in [6, 6.07) is 5.26. The second-order valence-corrected chi connectivity index (χ2v) is 3.57. The van der Waals surface area contributed by atoms with Crippen LogP contribution in [0.1, 0.15) is 5.56 Å². The molecule has 0 aliphatic carbocycles. The third-order valence-corrected chi connectivity index (χ3v) is 2.45. The summed E-state index contributed by atoms with van der Waals surface area (Å²) in [5, 5.41) is 19.8. The SMILES string of the molecule is OCCc1cn(O)c2ccc(Cl)cc12. The van der Waals surface area contributed by atoms with E-state index in [1.54, 1.807) is 24.4 Å². The van der Waals surface area contributed by atoms with Gasteiger partial charge in [0.25, 0.3) is 0 Å². The molecule has 1 aromatic carbocycles. The molecule has 0 amide bonds. The van der Waals surface area contributed by atoms with E-state index < -0.39 is 0 Å². The number of aliphatic hydroxyl groups is 1. The Morgan fingerprint density at radius 3 is 2.86 bits per heavy atom. The number of benzene rings is 1. The molecule has 2 rings (SSSR count). The fraction of sp³-hybridized carbons (Fsp3) is 0.200. The maximum atomic E-state index is 9.50. The second-order valence-electron chi connectivity index (χ2n) is 3.13. The number of rotatable bonds is 2. The molecule has 0 spiro atoms. The van der Waals surface area contributed by atoms with Crippen LogP contribution in [0.25, 0.3) is 10.9 Å². The van der Waals surface area contributed by atoms with Crippen LogP contribution in [0.15, 0.2) is 24.4 Å². The molecule has 2 N–H and O–H groups in total. The van der Waals surface area contributed by atoms with E-state index in [9.17, 15) is 5.21 Å². The van der Waals surface area contributed by atoms with E-state index in [4.69, 9.17) is 16.7 Å². The summed E-state index contributed by atoms with van der Waals surface area (Å²) in [5.74, 6) is 0. The normalized spacial score (nSPS) is 11.0. The molecule has 3 nitrogen and oxygen atoms in total. The summed E-state index contributed by atoms with van der Waals surface area (Å²) in [6.45, 7) is 0.0611. The first-order chi connectivity index (χ1) is 6.72. The number of aromatic nitrogens is 1. The number of nitrogens with zero attached hydrogens (tertiary/aromatic N) is 1. The van der Waals surface area contributed by atoms with E-state index in [-0.39, 0.29) is 6.61 Å². The molecule has 0 unspecified atom stereocenters. The van der Waals surface area contributed by atoms with E-state index in [1.807, 2.05) is 0 Å². The molecule has 0 bridgehead atoms. The van der Waals surface area contributed by atoms with Crippen molar-refractivity contribution in [2.45, 2.75) is 6.42 Å². The highest BCUT2D eigenvalue weighted by atomic mass is 35.5. The van der Waals surface area contributed by atoms with E-state index in [2.05, 4.69) is 0 Å². The molecule has 74 valence electrons. The quantitative estimate of drug-likeness (QED) is 0.747. The molecule has 14 heavy (non-hydrogen) atoms. The van der Waals surface area contributed by atoms with Gasteiger partial charge in [-0.15, -0.1) is 0 Å². The maximum absolute atomic E-state index is 9.50. The first kappa shape index (κ1) is 9.37. The van der Waals surface area contributed by atoms with Crippen molar-refractivity contribution in [1.29, 1.82) is 0 Å². The Morgan fingerprint density at radius 1 is 1.36 bits per heavy atom. The molecular weight excluding hydrogens is 202 g/mol. The van der Waals surface area contributed by atoms with Crippen molar-refractivity contribution >= 4 is 22.5 Å². The first-order valence-electron chi connectivity index (χ1n) is 4.32. The minimum atomic E-state index is 0.0611. The molecule has 0 fully saturated rings. The fourth-order valence-corrected chi connectivity index (χ4v) is 1.74. The Kier molecular flexibility index (Phi) is 2.35. The van der Waals surface area contributed by atoms with Crippen LogP contribution in [0, 0.1) is 0 Å². The van der Waals surface area contributed by atoms with Crippen molar-refractivity contribution in [3.05, 3.63) is 35.0 Å². The van der Waals surface area contributed by atoms with Crippen LogP contribution in [0.5, 0.6) is 0 Å². The standard InChI is InChI=1S/C10H10ClNO2/c11-8-1-2-10-9(5-8)7(3-4-13)6-12(10)14/h1-2,5-6,13-14H,3-4H2. The predicted molar refractivity (Wildman–Crippen MR) is 54.9 cm³/mol. The number of fused-ring (bicyclic) bond motifs is 1. The second kappa shape index (κ2) is 3.52. The number of hydrogen-bond donors (Lipinski definition) is 2. The molecule has 2 aromatic rings. The molecule has 0 aliphatic rings. The zero-order valence-corrected chi connectivity index (χ0v) is 8.20. The van der Waals surface area contributed by atoms with Crippen molar-refractivity contribution in [1.82, 2.24) is 4.73 Å². The van der Waals surface area contributed by atoms with Crippen LogP contribution in [0.2, 0.25) is 5.02 Å². The van der Waals surface area contributed by atoms with E-state index >= 15 is 0 Å². The van der Waals surface area contributed by atoms with Crippen LogP contribution in [-0.2, 0) is 6.42 Å². The Hall–Kier alpha value is -1.19. The molecular formula is C10H10ClNO2. The largest absolute Gasteiger partial charge is 0.428 e. The lowest BCUT2D eigenvalue weighted by molar-refractivity contribution is 0.199. The van der Waals surface area contributed by atoms with Gasteiger partial charge in [-0.3, -0.25) is 0 Å². The van der Waals surface area contributed by atoms with Gasteiger partial charge in [0.1, 0.15) is 0 Å². The molecule has 0 aliphatic heterocycles. The predicted octanol–water partition coefficient (Wildman–Crippen LogP) is 2.07. The van der Waals surface area contributed by atoms with Gasteiger partial charge in [-0.05, 0) is 30.2 Å². The van der Waals surface area contributed by atoms with Gasteiger partial charge in [-0.25, -0.2) is 0 Å². The van der Waals surface area contributed by atoms with Gasteiger partial charge < -0.3 is 10.3 Å². The number of aliphatic hydroxyl groups excluding tert-OH is 1. The van der Waals surface area contributed by atoms with Crippen molar-refractivity contribution in [2.24, 2.45) is 0 Å². The van der Waals surface area contributed by atoms with Crippen molar-refractivity contribution in [3.63, 3.8) is 0 Å². The highest BCUT2D eigenvalue weighted by molar-refractivity contribution is 6.31. The lowest BCUT2D eigenvalue weighted by Gasteiger charge is -1.96. The Bertz CT molecular complexity index is 464. The van der Waals surface area contributed by atoms with Crippen LogP contribution in [0.4, 0.5) is 0 Å². The maximum Gasteiger partial charge on any atom is 0.0869 e. The van der Waals surface area contributed by atoms with E-state index in [1.165, 1.54) is 0 Å². The highest BCUT2D eigenvalue weighted by Crippen LogP contribution is 2.24. The topological polar surface area (TPSA) is 45.4 Å². The molecule has 0 radical (unpaired) electrons. The molecule has 1 aromatic heterocycles. The first-order valence-corrected chi connectivity index (χ1v) is 4.70. The molecule has 0 saturated carbocycles. The highest BCUT2D eigenvalue weighted by Gasteiger charge is 2.07. The zero-order valence-electron chi connectivity index (χ0n) is 7.44. The van der Waals surface area contributed by atoms with Gasteiger partial charge in [0.2, 0.25) is 0 Å². The van der Waals surface area contributed by atoms with Crippen LogP contribution >= 0.6 is 11.6 Å². The fourth-order valence-electron chi connectivity index (χ4n) is 1.57. The minimum Gasteiger partial charge on any atom is -0.428 e. The lowest BCUT2D eigenvalue weighted by Crippen LogP contribution is -1.88. The van der Waals surface area contributed by atoms with Crippen LogP contribution in [0.3, 0.4) is 0 Å². The average molecular weight is 212 g/mol. The van der Waals surface area contributed by atoms with Crippen molar-refractivity contribution < 1.29 is 10.3 Å². The van der Waals surface area contributed by atoms with Gasteiger partial charge in [0.05, 0.1) is 5.52 Å². The van der Waals surface area contributed by atoms with E-state index in [0.29, 0.717) is 17.0 Å². The summed E-state index contributed by atoms with van der Waals surface area (Å²) in [4.78, 5) is 0. The van der Waals surface area contributed by atoms with Gasteiger partial charge in [-0.2, -0.15) is 4.73 Å². The Labute approximate surface area is 86.1 Å². The van der Waals surface area contributed by atoms with E-state index in [0.717, 1.165) is 15.7 Å². The van der Waals surface area contributed by atoms with Crippen molar-refractivity contribution in [3.8, 4) is 0 Å². The van der Waals surface area contributed by atoms with Gasteiger partial charge >= 0.3 is 0 Å². The van der Waals surface area contributed by atoms with Gasteiger partial charge in [0, 0.05) is 23.2 Å². The Balaban J connectivity index is 2.66. The van der Waals surface area contributed by atoms with Gasteiger partial charge in [-0.1, -0.05) is 11.6 Å². The summed E-state index contributed by atoms with van der Waals surface area (Å²) in [7, 11) is 0. The Morgan fingerprint density at radius 2 is 2.14 bits per heavy atom. The van der Waals surface area contributed by atoms with Gasteiger partial charge in [0.15, 0.2) is 0 Å². The van der Waals surface area contributed by atoms with Crippen LogP contribution < -0.4 is 0 Å². The molecule has 4 heteroatoms. The third kappa shape index (κ3) is 1.45. The van der Waals surface area contributed by atoms with Crippen molar-refractivity contribution in [2.75, 3.05) is 6.61 Å².